The third-order valence-corrected chi connectivity index (χ3v) is 18.4. The van der Waals surface area contributed by atoms with Gasteiger partial charge in [0, 0.05) is 0 Å². The van der Waals surface area contributed by atoms with Crippen molar-refractivity contribution in [2.75, 3.05) is 0 Å². The van der Waals surface area contributed by atoms with Crippen LogP contribution >= 0.6 is 0 Å². The van der Waals surface area contributed by atoms with Gasteiger partial charge in [-0.15, -0.1) is 0 Å². The molecule has 2 unspecified atom stereocenters. The van der Waals surface area contributed by atoms with Gasteiger partial charge < -0.3 is 9.47 Å². The lowest BCUT2D eigenvalue weighted by Gasteiger charge is -2.42. The molecule has 4 heteroatoms. The zero-order chi connectivity index (χ0) is 38.7. The summed E-state index contributed by atoms with van der Waals surface area (Å²) in [4.78, 5) is 26.6. The average molecular weight is 777 g/mol. The van der Waals surface area contributed by atoms with E-state index in [1.807, 2.05) is 0 Å². The molecule has 320 valence electrons. The maximum absolute atomic E-state index is 13.3. The van der Waals surface area contributed by atoms with Crippen molar-refractivity contribution in [3.05, 3.63) is 0 Å². The van der Waals surface area contributed by atoms with Crippen LogP contribution in [0.4, 0.5) is 0 Å². The molecule has 0 aromatic carbocycles. The monoisotopic (exact) mass is 777 g/mol. The normalized spacial score (nSPS) is 41.4. The van der Waals surface area contributed by atoms with Crippen LogP contribution in [0.5, 0.6) is 0 Å². The molecule has 0 bridgehead atoms. The van der Waals surface area contributed by atoms with E-state index in [-0.39, 0.29) is 36.0 Å². The Labute approximate surface area is 345 Å². The Kier molecular flexibility index (Phi) is 16.9. The van der Waals surface area contributed by atoms with E-state index in [1.54, 1.807) is 0 Å². The fraction of sp³-hybridized carbons (Fsp3) is 0.962. The number of carbonyl (C=O) groups excluding carboxylic acids is 2. The fourth-order valence-corrected chi connectivity index (χ4v) is 14.5. The molecule has 0 aromatic rings. The highest BCUT2D eigenvalue weighted by Crippen LogP contribution is 2.48. The maximum atomic E-state index is 13.3. The Morgan fingerprint density at radius 3 is 1.02 bits per heavy atom. The standard InChI is InChI=1S/C52H88O4/c1-3-5-8-37-12-16-39(17-13-37)41-20-24-45(25-21-41)51(53)55-49-32-28-43(29-33-49)47-10-7-11-48(36-47)44-30-34-50(35-31-44)56-52(54)46-26-22-42(23-27-46)40-18-14-38(15-19-40)9-6-4-2/h37-50H,3-36H2,1-2H3. The molecule has 7 fully saturated rings. The van der Waals surface area contributed by atoms with E-state index in [4.69, 9.17) is 9.47 Å². The summed E-state index contributed by atoms with van der Waals surface area (Å²) in [5.74, 6) is 9.56. The van der Waals surface area contributed by atoms with Crippen LogP contribution in [-0.2, 0) is 19.1 Å². The predicted octanol–water partition coefficient (Wildman–Crippen LogP) is 14.6. The zero-order valence-corrected chi connectivity index (χ0v) is 36.8. The van der Waals surface area contributed by atoms with Crippen molar-refractivity contribution in [1.29, 1.82) is 0 Å². The molecule has 0 aromatic heterocycles. The van der Waals surface area contributed by atoms with Gasteiger partial charge in [-0.1, -0.05) is 97.3 Å². The third-order valence-electron chi connectivity index (χ3n) is 18.4. The van der Waals surface area contributed by atoms with Gasteiger partial charge in [0.2, 0.25) is 0 Å². The van der Waals surface area contributed by atoms with Crippen LogP contribution in [-0.4, -0.2) is 24.1 Å². The lowest BCUT2D eigenvalue weighted by Crippen LogP contribution is -2.35. The van der Waals surface area contributed by atoms with Gasteiger partial charge in [-0.05, 0) is 194 Å². The first-order valence-corrected chi connectivity index (χ1v) is 25.9. The maximum Gasteiger partial charge on any atom is 0.309 e. The van der Waals surface area contributed by atoms with Crippen LogP contribution in [0.15, 0.2) is 0 Å². The third kappa shape index (κ3) is 12.0. The molecule has 0 saturated heterocycles. The van der Waals surface area contributed by atoms with E-state index in [0.717, 1.165) is 111 Å². The summed E-state index contributed by atoms with van der Waals surface area (Å²) >= 11 is 0. The van der Waals surface area contributed by atoms with Gasteiger partial charge in [0.15, 0.2) is 0 Å². The number of hydrogen-bond donors (Lipinski definition) is 0. The number of ether oxygens (including phenoxy) is 2. The molecular formula is C52H88O4. The summed E-state index contributed by atoms with van der Waals surface area (Å²) in [5.41, 5.74) is 0. The minimum absolute atomic E-state index is 0.145. The molecule has 7 saturated carbocycles. The lowest BCUT2D eigenvalue weighted by molar-refractivity contribution is -0.158. The van der Waals surface area contributed by atoms with Crippen molar-refractivity contribution in [2.24, 2.45) is 71.0 Å². The predicted molar refractivity (Wildman–Crippen MR) is 230 cm³/mol. The van der Waals surface area contributed by atoms with Crippen molar-refractivity contribution in [1.82, 2.24) is 0 Å². The van der Waals surface area contributed by atoms with Crippen molar-refractivity contribution in [3.63, 3.8) is 0 Å². The van der Waals surface area contributed by atoms with Crippen LogP contribution in [0.1, 0.15) is 232 Å². The molecular weight excluding hydrogens is 689 g/mol. The molecule has 7 aliphatic rings. The molecule has 4 nitrogen and oxygen atoms in total. The number of hydrogen-bond acceptors (Lipinski definition) is 4. The second-order valence-corrected chi connectivity index (χ2v) is 21.7. The number of esters is 2. The van der Waals surface area contributed by atoms with Gasteiger partial charge in [0.1, 0.15) is 12.2 Å². The molecule has 0 N–H and O–H groups in total. The summed E-state index contributed by atoms with van der Waals surface area (Å²) in [6.45, 7) is 4.65. The van der Waals surface area contributed by atoms with E-state index < -0.39 is 0 Å². The van der Waals surface area contributed by atoms with Crippen molar-refractivity contribution in [3.8, 4) is 0 Å². The largest absolute Gasteiger partial charge is 0.462 e. The molecule has 2 atom stereocenters. The molecule has 56 heavy (non-hydrogen) atoms. The minimum atomic E-state index is 0.145. The minimum Gasteiger partial charge on any atom is -0.462 e. The Morgan fingerprint density at radius 1 is 0.375 bits per heavy atom. The molecule has 7 aliphatic carbocycles. The van der Waals surface area contributed by atoms with Crippen molar-refractivity contribution in [2.45, 2.75) is 244 Å². The van der Waals surface area contributed by atoms with Crippen LogP contribution in [0, 0.1) is 71.0 Å². The number of carbonyl (C=O) groups is 2. The molecule has 0 heterocycles. The first-order chi connectivity index (χ1) is 27.4. The molecule has 7 rings (SSSR count). The van der Waals surface area contributed by atoms with E-state index in [2.05, 4.69) is 13.8 Å². The van der Waals surface area contributed by atoms with Crippen LogP contribution in [0.3, 0.4) is 0 Å². The summed E-state index contributed by atoms with van der Waals surface area (Å²) in [7, 11) is 0. The van der Waals surface area contributed by atoms with Gasteiger partial charge in [-0.25, -0.2) is 0 Å². The number of rotatable bonds is 14. The summed E-state index contributed by atoms with van der Waals surface area (Å²) in [5, 5.41) is 0. The van der Waals surface area contributed by atoms with E-state index in [1.165, 1.54) is 167 Å². The van der Waals surface area contributed by atoms with Crippen LogP contribution < -0.4 is 0 Å². The molecule has 0 amide bonds. The highest BCUT2D eigenvalue weighted by molar-refractivity contribution is 5.73. The van der Waals surface area contributed by atoms with Gasteiger partial charge in [-0.3, -0.25) is 9.59 Å². The Hall–Kier alpha value is -1.06. The van der Waals surface area contributed by atoms with Gasteiger partial charge in [0.25, 0.3) is 0 Å². The summed E-state index contributed by atoms with van der Waals surface area (Å²) < 4.78 is 12.5. The van der Waals surface area contributed by atoms with Crippen molar-refractivity contribution >= 4 is 11.9 Å². The average Bonchev–Trinajstić information content (AvgIpc) is 3.26. The second kappa shape index (κ2) is 22.0. The van der Waals surface area contributed by atoms with Crippen molar-refractivity contribution < 1.29 is 19.1 Å². The molecule has 0 spiro atoms. The quantitative estimate of drug-likeness (QED) is 0.165. The SMILES string of the molecule is CCCCC1CCC(C2CCC(C(=O)OC3CCC(C4CCCC(C5CCC(OC(=O)C6CCC(C7CCC(CCCC)CC7)CC6)CC5)C4)CC3)CC2)CC1. The van der Waals surface area contributed by atoms with Crippen LogP contribution in [0.2, 0.25) is 0 Å². The van der Waals surface area contributed by atoms with Gasteiger partial charge in [-0.2, -0.15) is 0 Å². The first kappa shape index (κ1) is 43.0. The fourth-order valence-electron chi connectivity index (χ4n) is 14.5. The van der Waals surface area contributed by atoms with E-state index in [9.17, 15) is 9.59 Å². The highest BCUT2D eigenvalue weighted by Gasteiger charge is 2.39. The first-order valence-electron chi connectivity index (χ1n) is 25.9. The highest BCUT2D eigenvalue weighted by atomic mass is 16.5. The van der Waals surface area contributed by atoms with E-state index in [0.29, 0.717) is 0 Å². The molecule has 0 radical (unpaired) electrons. The Balaban J connectivity index is 0.743. The number of unbranched alkanes of at least 4 members (excludes halogenated alkanes) is 2. The summed E-state index contributed by atoms with van der Waals surface area (Å²) in [6.07, 6.45) is 44.7. The van der Waals surface area contributed by atoms with Crippen LogP contribution in [0.25, 0.3) is 0 Å². The van der Waals surface area contributed by atoms with Gasteiger partial charge in [0.05, 0.1) is 11.8 Å². The smallest absolute Gasteiger partial charge is 0.309 e. The van der Waals surface area contributed by atoms with Gasteiger partial charge >= 0.3 is 11.9 Å². The Morgan fingerprint density at radius 2 is 0.679 bits per heavy atom. The Bertz CT molecular complexity index is 1050. The summed E-state index contributed by atoms with van der Waals surface area (Å²) in [6, 6.07) is 0. The van der Waals surface area contributed by atoms with E-state index >= 15 is 0 Å². The lowest BCUT2D eigenvalue weighted by atomic mass is 9.65. The molecule has 0 aliphatic heterocycles. The second-order valence-electron chi connectivity index (χ2n) is 21.7. The zero-order valence-electron chi connectivity index (χ0n) is 36.8. The topological polar surface area (TPSA) is 52.6 Å².